The number of rotatable bonds is 4. The Morgan fingerprint density at radius 3 is 1.74 bits per heavy atom. The number of aromatic hydroxyl groups is 1. The van der Waals surface area contributed by atoms with Crippen LogP contribution in [0, 0.1) is 13.8 Å². The zero-order chi connectivity index (χ0) is 23.9. The summed E-state index contributed by atoms with van der Waals surface area (Å²) in [5.41, 5.74) is 4.39. The Morgan fingerprint density at radius 2 is 1.32 bits per heavy atom. The van der Waals surface area contributed by atoms with Gasteiger partial charge in [0.2, 0.25) is 0 Å². The molecule has 0 aliphatic heterocycles. The molecule has 2 aromatic carbocycles. The third kappa shape index (κ3) is 5.31. The fourth-order valence-electron chi connectivity index (χ4n) is 3.83. The summed E-state index contributed by atoms with van der Waals surface area (Å²) in [4.78, 5) is 13.4. The van der Waals surface area contributed by atoms with Crippen molar-refractivity contribution >= 4 is 5.97 Å². The van der Waals surface area contributed by atoms with Crippen molar-refractivity contribution < 1.29 is 14.6 Å². The molecule has 0 saturated heterocycles. The van der Waals surface area contributed by atoms with Crippen LogP contribution in [0.3, 0.4) is 0 Å². The van der Waals surface area contributed by atoms with Crippen molar-refractivity contribution in [2.45, 2.75) is 98.8 Å². The van der Waals surface area contributed by atoms with Crippen molar-refractivity contribution in [3.8, 4) is 11.5 Å². The third-order valence-electron chi connectivity index (χ3n) is 6.19. The molecule has 31 heavy (non-hydrogen) atoms. The first-order valence-corrected chi connectivity index (χ1v) is 11.2. The smallest absolute Gasteiger partial charge is 0.343 e. The van der Waals surface area contributed by atoms with E-state index in [2.05, 4.69) is 39.8 Å². The lowest BCUT2D eigenvalue weighted by Crippen LogP contribution is -2.22. The lowest BCUT2D eigenvalue weighted by molar-refractivity contribution is 0.0729. The van der Waals surface area contributed by atoms with E-state index in [0.29, 0.717) is 11.3 Å². The number of carbonyl (C=O) groups is 1. The van der Waals surface area contributed by atoms with E-state index in [9.17, 15) is 9.90 Å². The van der Waals surface area contributed by atoms with Crippen LogP contribution in [0.5, 0.6) is 11.5 Å². The predicted molar refractivity (Wildman–Crippen MR) is 130 cm³/mol. The molecular formula is C28H40O3. The quantitative estimate of drug-likeness (QED) is 0.408. The predicted octanol–water partition coefficient (Wildman–Crippen LogP) is 7.51. The number of aryl methyl sites for hydroxylation is 2. The van der Waals surface area contributed by atoms with Crippen molar-refractivity contribution in [3.63, 3.8) is 0 Å². The average molecular weight is 425 g/mol. The minimum atomic E-state index is -0.392. The van der Waals surface area contributed by atoms with Gasteiger partial charge < -0.3 is 9.84 Å². The van der Waals surface area contributed by atoms with Crippen molar-refractivity contribution in [2.75, 3.05) is 0 Å². The van der Waals surface area contributed by atoms with E-state index in [1.165, 1.54) is 0 Å². The first kappa shape index (κ1) is 25.0. The lowest BCUT2D eigenvalue weighted by Gasteiger charge is -2.29. The molecule has 1 N–H and O–H groups in total. The Kier molecular flexibility index (Phi) is 6.71. The Balaban J connectivity index is 2.65. The molecular weight excluding hydrogens is 384 g/mol. The maximum absolute atomic E-state index is 13.4. The normalized spacial score (nSPS) is 12.7. The van der Waals surface area contributed by atoms with Gasteiger partial charge in [0.1, 0.15) is 11.5 Å². The number of phenols is 1. The standard InChI is InChI=1S/C28H40O3/c1-12-28(10,11)22-14-17(2)13-18(3)24(22)31-25(30)19-15-20(26(4,5)6)23(29)21(16-19)27(7,8)9/h13-16,29H,12H2,1-11H3. The van der Waals surface area contributed by atoms with Gasteiger partial charge in [0.05, 0.1) is 5.56 Å². The van der Waals surface area contributed by atoms with Gasteiger partial charge in [-0.15, -0.1) is 0 Å². The van der Waals surface area contributed by atoms with Gasteiger partial charge in [-0.2, -0.15) is 0 Å². The molecule has 0 amide bonds. The summed E-state index contributed by atoms with van der Waals surface area (Å²) < 4.78 is 6.06. The molecule has 0 bridgehead atoms. The van der Waals surface area contributed by atoms with Crippen molar-refractivity contribution in [3.05, 3.63) is 57.6 Å². The topological polar surface area (TPSA) is 46.5 Å². The summed E-state index contributed by atoms with van der Waals surface area (Å²) in [6.45, 7) is 22.8. The van der Waals surface area contributed by atoms with Gasteiger partial charge in [0.25, 0.3) is 0 Å². The second-order valence-corrected chi connectivity index (χ2v) is 11.5. The minimum Gasteiger partial charge on any atom is -0.507 e. The number of benzene rings is 2. The SMILES string of the molecule is CCC(C)(C)c1cc(C)cc(C)c1OC(=O)c1cc(C(C)(C)C)c(O)c(C(C)(C)C)c1. The summed E-state index contributed by atoms with van der Waals surface area (Å²) in [7, 11) is 0. The second-order valence-electron chi connectivity index (χ2n) is 11.5. The Bertz CT molecular complexity index is 948. The number of hydrogen-bond donors (Lipinski definition) is 1. The molecule has 0 aromatic heterocycles. The van der Waals surface area contributed by atoms with E-state index in [1.54, 1.807) is 12.1 Å². The maximum Gasteiger partial charge on any atom is 0.343 e. The monoisotopic (exact) mass is 424 g/mol. The van der Waals surface area contributed by atoms with E-state index >= 15 is 0 Å². The van der Waals surface area contributed by atoms with Gasteiger partial charge in [-0.3, -0.25) is 0 Å². The van der Waals surface area contributed by atoms with E-state index in [4.69, 9.17) is 4.74 Å². The third-order valence-corrected chi connectivity index (χ3v) is 6.19. The van der Waals surface area contributed by atoms with Crippen LogP contribution in [0.2, 0.25) is 0 Å². The van der Waals surface area contributed by atoms with E-state index < -0.39 is 5.97 Å². The number of phenolic OH excluding ortho intramolecular Hbond substituents is 1. The number of hydrogen-bond acceptors (Lipinski definition) is 3. The molecule has 3 heteroatoms. The molecule has 2 aromatic rings. The molecule has 0 saturated carbocycles. The maximum atomic E-state index is 13.4. The van der Waals surface area contributed by atoms with Crippen molar-refractivity contribution in [2.24, 2.45) is 0 Å². The van der Waals surface area contributed by atoms with Crippen LogP contribution in [0.1, 0.15) is 107 Å². The summed E-state index contributed by atoms with van der Waals surface area (Å²) in [5.74, 6) is 0.511. The molecule has 0 aliphatic carbocycles. The molecule has 0 unspecified atom stereocenters. The Labute approximate surface area is 188 Å². The van der Waals surface area contributed by atoms with Crippen LogP contribution in [0.15, 0.2) is 24.3 Å². The fraction of sp³-hybridized carbons (Fsp3) is 0.536. The number of ether oxygens (including phenoxy) is 1. The summed E-state index contributed by atoms with van der Waals surface area (Å²) in [6.07, 6.45) is 0.933. The van der Waals surface area contributed by atoms with Crippen LogP contribution in [-0.4, -0.2) is 11.1 Å². The summed E-state index contributed by atoms with van der Waals surface area (Å²) in [6, 6.07) is 7.73. The summed E-state index contributed by atoms with van der Waals surface area (Å²) in [5, 5.41) is 11.0. The van der Waals surface area contributed by atoms with Crippen LogP contribution >= 0.6 is 0 Å². The largest absolute Gasteiger partial charge is 0.507 e. The van der Waals surface area contributed by atoms with Gasteiger partial charge in [0.15, 0.2) is 0 Å². The average Bonchev–Trinajstić information content (AvgIpc) is 2.61. The van der Waals surface area contributed by atoms with Crippen LogP contribution in [0.4, 0.5) is 0 Å². The molecule has 0 heterocycles. The molecule has 2 rings (SSSR count). The Hall–Kier alpha value is -2.29. The van der Waals surface area contributed by atoms with Gasteiger partial charge in [0, 0.05) is 16.7 Å². The van der Waals surface area contributed by atoms with Gasteiger partial charge >= 0.3 is 5.97 Å². The highest BCUT2D eigenvalue weighted by Crippen LogP contribution is 2.41. The van der Waals surface area contributed by atoms with Crippen LogP contribution in [-0.2, 0) is 16.2 Å². The molecule has 0 fully saturated rings. The summed E-state index contributed by atoms with van der Waals surface area (Å²) >= 11 is 0. The molecule has 170 valence electrons. The Morgan fingerprint density at radius 1 is 0.839 bits per heavy atom. The lowest BCUT2D eigenvalue weighted by atomic mass is 9.78. The van der Waals surface area contributed by atoms with Crippen molar-refractivity contribution in [1.29, 1.82) is 0 Å². The molecule has 3 nitrogen and oxygen atoms in total. The van der Waals surface area contributed by atoms with E-state index in [-0.39, 0.29) is 22.0 Å². The first-order valence-electron chi connectivity index (χ1n) is 11.2. The molecule has 0 radical (unpaired) electrons. The molecule has 0 aliphatic rings. The highest BCUT2D eigenvalue weighted by atomic mass is 16.5. The van der Waals surface area contributed by atoms with Gasteiger partial charge in [-0.05, 0) is 54.2 Å². The van der Waals surface area contributed by atoms with Gasteiger partial charge in [-0.1, -0.05) is 80.0 Å². The van der Waals surface area contributed by atoms with E-state index in [1.807, 2.05) is 48.5 Å². The molecule has 0 spiro atoms. The van der Waals surface area contributed by atoms with Crippen LogP contribution in [0.25, 0.3) is 0 Å². The van der Waals surface area contributed by atoms with E-state index in [0.717, 1.165) is 34.2 Å². The second kappa shape index (κ2) is 8.33. The fourth-order valence-corrected chi connectivity index (χ4v) is 3.83. The van der Waals surface area contributed by atoms with Gasteiger partial charge in [-0.25, -0.2) is 4.79 Å². The molecule has 0 atom stereocenters. The number of carbonyl (C=O) groups excluding carboxylic acids is 1. The first-order chi connectivity index (χ1) is 14.0. The highest BCUT2D eigenvalue weighted by Gasteiger charge is 2.30. The zero-order valence-corrected chi connectivity index (χ0v) is 21.3. The minimum absolute atomic E-state index is 0.117. The van der Waals surface area contributed by atoms with Crippen molar-refractivity contribution in [1.82, 2.24) is 0 Å². The highest BCUT2D eigenvalue weighted by molar-refractivity contribution is 5.92. The number of esters is 1. The zero-order valence-electron chi connectivity index (χ0n) is 21.3. The van der Waals surface area contributed by atoms with Crippen LogP contribution < -0.4 is 4.74 Å².